The van der Waals surface area contributed by atoms with Crippen molar-refractivity contribution in [2.24, 2.45) is 0 Å². The molecule has 0 unspecified atom stereocenters. The van der Waals surface area contributed by atoms with Crippen molar-refractivity contribution in [3.05, 3.63) is 28.5 Å². The number of nitrogens with zero attached hydrogens (tertiary/aromatic N) is 1. The molecule has 1 aliphatic heterocycles. The van der Waals surface area contributed by atoms with Gasteiger partial charge in [0.1, 0.15) is 17.9 Å². The van der Waals surface area contributed by atoms with Gasteiger partial charge in [0.05, 0.1) is 4.47 Å². The van der Waals surface area contributed by atoms with Crippen LogP contribution in [0.4, 0.5) is 10.1 Å². The Balaban J connectivity index is 2.39. The van der Waals surface area contributed by atoms with Gasteiger partial charge in [-0.05, 0) is 48.0 Å². The molecule has 0 atom stereocenters. The van der Waals surface area contributed by atoms with Gasteiger partial charge in [-0.25, -0.2) is 4.39 Å². The molecule has 1 fully saturated rings. The maximum Gasteiger partial charge on any atom is 0.252 e. The molecule has 1 aliphatic rings. The van der Waals surface area contributed by atoms with Crippen LogP contribution in [0.3, 0.4) is 0 Å². The van der Waals surface area contributed by atoms with E-state index in [1.165, 1.54) is 17.0 Å². The lowest BCUT2D eigenvalue weighted by Crippen LogP contribution is -2.64. The maximum atomic E-state index is 13.5. The Morgan fingerprint density at radius 3 is 2.67 bits per heavy atom. The minimum absolute atomic E-state index is 0.0939. The SMILES string of the molecule is CC1(C)NC(=O)CN(c2ccc(Br)c(F)c2)C1=O. The van der Waals surface area contributed by atoms with Crippen LogP contribution in [0.5, 0.6) is 0 Å². The molecule has 6 heteroatoms. The van der Waals surface area contributed by atoms with Gasteiger partial charge in [0.15, 0.2) is 0 Å². The van der Waals surface area contributed by atoms with Crippen molar-refractivity contribution in [3.63, 3.8) is 0 Å². The molecule has 0 spiro atoms. The molecule has 18 heavy (non-hydrogen) atoms. The van der Waals surface area contributed by atoms with E-state index in [1.807, 2.05) is 0 Å². The molecular weight excluding hydrogens is 303 g/mol. The zero-order chi connectivity index (χ0) is 13.5. The summed E-state index contributed by atoms with van der Waals surface area (Å²) >= 11 is 3.05. The number of rotatable bonds is 1. The van der Waals surface area contributed by atoms with Gasteiger partial charge in [-0.2, -0.15) is 0 Å². The number of anilines is 1. The average Bonchev–Trinajstić information content (AvgIpc) is 2.27. The molecule has 1 heterocycles. The Labute approximate surface area is 112 Å². The van der Waals surface area contributed by atoms with Crippen LogP contribution in [-0.2, 0) is 9.59 Å². The van der Waals surface area contributed by atoms with Crippen molar-refractivity contribution < 1.29 is 14.0 Å². The smallest absolute Gasteiger partial charge is 0.252 e. The van der Waals surface area contributed by atoms with Crippen molar-refractivity contribution >= 4 is 33.4 Å². The van der Waals surface area contributed by atoms with E-state index in [0.29, 0.717) is 10.2 Å². The van der Waals surface area contributed by atoms with Crippen molar-refractivity contribution in [2.45, 2.75) is 19.4 Å². The zero-order valence-electron chi connectivity index (χ0n) is 9.96. The van der Waals surface area contributed by atoms with Crippen LogP contribution < -0.4 is 10.2 Å². The molecule has 0 radical (unpaired) electrons. The van der Waals surface area contributed by atoms with Crippen molar-refractivity contribution in [3.8, 4) is 0 Å². The first-order chi connectivity index (χ1) is 8.31. The lowest BCUT2D eigenvalue weighted by atomic mass is 10.00. The third-order valence-electron chi connectivity index (χ3n) is 2.75. The third-order valence-corrected chi connectivity index (χ3v) is 3.39. The highest BCUT2D eigenvalue weighted by Gasteiger charge is 2.39. The van der Waals surface area contributed by atoms with Crippen LogP contribution in [0.25, 0.3) is 0 Å². The minimum Gasteiger partial charge on any atom is -0.341 e. The number of carbonyl (C=O) groups excluding carboxylic acids is 2. The van der Waals surface area contributed by atoms with Gasteiger partial charge in [-0.3, -0.25) is 9.59 Å². The molecule has 0 aromatic heterocycles. The van der Waals surface area contributed by atoms with Crippen LogP contribution >= 0.6 is 15.9 Å². The number of piperazine rings is 1. The molecular formula is C12H12BrFN2O2. The van der Waals surface area contributed by atoms with Crippen LogP contribution in [0.2, 0.25) is 0 Å². The summed E-state index contributed by atoms with van der Waals surface area (Å²) in [5, 5.41) is 2.60. The number of nitrogens with one attached hydrogen (secondary N) is 1. The Bertz CT molecular complexity index is 531. The van der Waals surface area contributed by atoms with Crippen molar-refractivity contribution in [2.75, 3.05) is 11.4 Å². The Morgan fingerprint density at radius 1 is 1.39 bits per heavy atom. The molecule has 2 amide bonds. The first-order valence-electron chi connectivity index (χ1n) is 5.39. The number of carbonyl (C=O) groups is 2. The fourth-order valence-corrected chi connectivity index (χ4v) is 2.10. The van der Waals surface area contributed by atoms with Gasteiger partial charge in [-0.15, -0.1) is 0 Å². The molecule has 1 aromatic carbocycles. The van der Waals surface area contributed by atoms with Crippen LogP contribution in [0.15, 0.2) is 22.7 Å². The van der Waals surface area contributed by atoms with E-state index in [9.17, 15) is 14.0 Å². The second-order valence-electron chi connectivity index (χ2n) is 4.66. The van der Waals surface area contributed by atoms with Gasteiger partial charge >= 0.3 is 0 Å². The first kappa shape index (κ1) is 13.0. The molecule has 1 N–H and O–H groups in total. The highest BCUT2D eigenvalue weighted by atomic mass is 79.9. The van der Waals surface area contributed by atoms with E-state index in [0.717, 1.165) is 0 Å². The quantitative estimate of drug-likeness (QED) is 0.859. The highest BCUT2D eigenvalue weighted by molar-refractivity contribution is 9.10. The second kappa shape index (κ2) is 4.35. The number of hydrogen-bond acceptors (Lipinski definition) is 2. The number of amides is 2. The predicted octanol–water partition coefficient (Wildman–Crippen LogP) is 1.83. The van der Waals surface area contributed by atoms with E-state index in [-0.39, 0.29) is 18.4 Å². The molecule has 0 bridgehead atoms. The highest BCUT2D eigenvalue weighted by Crippen LogP contribution is 2.25. The van der Waals surface area contributed by atoms with E-state index < -0.39 is 11.4 Å². The Morgan fingerprint density at radius 2 is 2.06 bits per heavy atom. The summed E-state index contributed by atoms with van der Waals surface area (Å²) in [5.41, 5.74) is -0.595. The molecule has 0 aliphatic carbocycles. The summed E-state index contributed by atoms with van der Waals surface area (Å²) < 4.78 is 13.8. The van der Waals surface area contributed by atoms with Gasteiger partial charge in [0, 0.05) is 5.69 Å². The van der Waals surface area contributed by atoms with E-state index in [4.69, 9.17) is 0 Å². The van der Waals surface area contributed by atoms with Crippen LogP contribution in [0, 0.1) is 5.82 Å². The van der Waals surface area contributed by atoms with Crippen molar-refractivity contribution in [1.29, 1.82) is 0 Å². The van der Waals surface area contributed by atoms with Crippen LogP contribution in [-0.4, -0.2) is 23.9 Å². The van der Waals surface area contributed by atoms with E-state index in [1.54, 1.807) is 19.9 Å². The summed E-state index contributed by atoms with van der Waals surface area (Å²) in [6.45, 7) is 3.15. The van der Waals surface area contributed by atoms with Crippen LogP contribution in [0.1, 0.15) is 13.8 Å². The zero-order valence-corrected chi connectivity index (χ0v) is 11.5. The number of benzene rings is 1. The predicted molar refractivity (Wildman–Crippen MR) is 68.7 cm³/mol. The summed E-state index contributed by atoms with van der Waals surface area (Å²) in [4.78, 5) is 25.0. The Hall–Kier alpha value is -1.43. The lowest BCUT2D eigenvalue weighted by Gasteiger charge is -2.37. The summed E-state index contributed by atoms with van der Waals surface area (Å²) in [7, 11) is 0. The first-order valence-corrected chi connectivity index (χ1v) is 6.18. The molecule has 2 rings (SSSR count). The van der Waals surface area contributed by atoms with E-state index in [2.05, 4.69) is 21.2 Å². The minimum atomic E-state index is -0.973. The van der Waals surface area contributed by atoms with E-state index >= 15 is 0 Å². The maximum absolute atomic E-state index is 13.5. The van der Waals surface area contributed by atoms with Crippen molar-refractivity contribution in [1.82, 2.24) is 5.32 Å². The summed E-state index contributed by atoms with van der Waals surface area (Å²) in [6.07, 6.45) is 0. The fourth-order valence-electron chi connectivity index (χ4n) is 1.86. The molecule has 0 saturated carbocycles. The third kappa shape index (κ3) is 2.25. The van der Waals surface area contributed by atoms with Gasteiger partial charge in [-0.1, -0.05) is 0 Å². The monoisotopic (exact) mass is 314 g/mol. The van der Waals surface area contributed by atoms with Gasteiger partial charge in [0.25, 0.3) is 5.91 Å². The lowest BCUT2D eigenvalue weighted by molar-refractivity contribution is -0.134. The molecule has 1 saturated heterocycles. The summed E-state index contributed by atoms with van der Waals surface area (Å²) in [6, 6.07) is 4.34. The number of hydrogen-bond donors (Lipinski definition) is 1. The number of halogens is 2. The normalized spacial score (nSPS) is 18.8. The molecule has 96 valence electrons. The largest absolute Gasteiger partial charge is 0.341 e. The summed E-state index contributed by atoms with van der Waals surface area (Å²) in [5.74, 6) is -0.990. The fraction of sp³-hybridized carbons (Fsp3) is 0.333. The van der Waals surface area contributed by atoms with Gasteiger partial charge < -0.3 is 10.2 Å². The molecule has 4 nitrogen and oxygen atoms in total. The van der Waals surface area contributed by atoms with Gasteiger partial charge in [0.2, 0.25) is 5.91 Å². The average molecular weight is 315 g/mol. The Kier molecular flexibility index (Phi) is 3.14. The second-order valence-corrected chi connectivity index (χ2v) is 5.52. The standard InChI is InChI=1S/C12H12BrFN2O2/c1-12(2)11(18)16(6-10(17)15-12)7-3-4-8(13)9(14)5-7/h3-5H,6H2,1-2H3,(H,15,17). The molecule has 1 aromatic rings. The topological polar surface area (TPSA) is 49.4 Å².